The van der Waals surface area contributed by atoms with E-state index in [1.165, 1.54) is 24.0 Å². The summed E-state index contributed by atoms with van der Waals surface area (Å²) in [5, 5.41) is 0. The normalized spacial score (nSPS) is 33.8. The Bertz CT molecular complexity index is 429. The topological polar surface area (TPSA) is 0 Å². The highest BCUT2D eigenvalue weighted by Gasteiger charge is 2.48. The van der Waals surface area contributed by atoms with Gasteiger partial charge < -0.3 is 0 Å². The second-order valence-corrected chi connectivity index (χ2v) is 7.61. The molecule has 1 fully saturated rings. The van der Waals surface area contributed by atoms with E-state index in [0.717, 1.165) is 5.92 Å². The third-order valence-corrected chi connectivity index (χ3v) is 5.68. The number of hydrogen-bond donors (Lipinski definition) is 0. The molecule has 0 amide bonds. The molecule has 0 aromatic heterocycles. The van der Waals surface area contributed by atoms with Crippen LogP contribution in [0.3, 0.4) is 0 Å². The monoisotopic (exact) mass is 244 g/mol. The zero-order valence-electron chi connectivity index (χ0n) is 12.9. The maximum absolute atomic E-state index is 3.97. The Labute approximate surface area is 113 Å². The van der Waals surface area contributed by atoms with Gasteiger partial charge in [-0.2, -0.15) is 0 Å². The van der Waals surface area contributed by atoms with Crippen LogP contribution < -0.4 is 0 Å². The highest BCUT2D eigenvalue weighted by Crippen LogP contribution is 2.58. The van der Waals surface area contributed by atoms with Gasteiger partial charge in [-0.1, -0.05) is 64.5 Å². The molecule has 0 saturated heterocycles. The Kier molecular flexibility index (Phi) is 3.12. The summed E-state index contributed by atoms with van der Waals surface area (Å²) in [6, 6.07) is 0. The Morgan fingerprint density at radius 1 is 1.28 bits per heavy atom. The van der Waals surface area contributed by atoms with Gasteiger partial charge in [-0.05, 0) is 48.0 Å². The van der Waals surface area contributed by atoms with Crippen LogP contribution in [-0.2, 0) is 0 Å². The van der Waals surface area contributed by atoms with E-state index in [2.05, 4.69) is 54.2 Å². The molecule has 0 N–H and O–H groups in total. The Hall–Kier alpha value is -0.780. The Balaban J connectivity index is 2.53. The minimum absolute atomic E-state index is 0.342. The van der Waals surface area contributed by atoms with E-state index in [-0.39, 0.29) is 0 Å². The molecule has 0 spiro atoms. The molecule has 2 atom stereocenters. The average molecular weight is 244 g/mol. The van der Waals surface area contributed by atoms with Crippen molar-refractivity contribution in [2.24, 2.45) is 22.7 Å². The van der Waals surface area contributed by atoms with Crippen molar-refractivity contribution in [3.63, 3.8) is 0 Å². The van der Waals surface area contributed by atoms with Gasteiger partial charge in [0.25, 0.3) is 0 Å². The molecular weight excluding hydrogens is 216 g/mol. The van der Waals surface area contributed by atoms with Gasteiger partial charge in [-0.15, -0.1) is 0 Å². The lowest BCUT2D eigenvalue weighted by Crippen LogP contribution is -2.44. The molecule has 0 bridgehead atoms. The van der Waals surface area contributed by atoms with Crippen molar-refractivity contribution in [3.8, 4) is 0 Å². The van der Waals surface area contributed by atoms with Crippen LogP contribution in [0.4, 0.5) is 0 Å². The first-order valence-corrected chi connectivity index (χ1v) is 7.24. The van der Waals surface area contributed by atoms with Crippen LogP contribution in [0.15, 0.2) is 35.5 Å². The molecule has 0 aliphatic heterocycles. The van der Waals surface area contributed by atoms with Crippen molar-refractivity contribution in [3.05, 3.63) is 35.5 Å². The molecule has 100 valence electrons. The van der Waals surface area contributed by atoms with E-state index in [0.29, 0.717) is 16.7 Å². The maximum atomic E-state index is 3.97. The van der Waals surface area contributed by atoms with Gasteiger partial charge in [0, 0.05) is 0 Å². The highest BCUT2D eigenvalue weighted by molar-refractivity contribution is 5.44. The van der Waals surface area contributed by atoms with Gasteiger partial charge in [0.15, 0.2) is 0 Å². The first-order valence-electron chi connectivity index (χ1n) is 7.24. The standard InChI is InChI=1S/C18H28/c1-8-14-10-15-16(9-12(14)2)18(6,7)13(3)11-17(15,4)5/h8,10,13,16H,1,9,11H2,2-7H3. The summed E-state index contributed by atoms with van der Waals surface area (Å²) in [5.41, 5.74) is 5.28. The fourth-order valence-corrected chi connectivity index (χ4v) is 3.98. The van der Waals surface area contributed by atoms with E-state index in [9.17, 15) is 0 Å². The first-order chi connectivity index (χ1) is 8.20. The Morgan fingerprint density at radius 2 is 1.89 bits per heavy atom. The second-order valence-electron chi connectivity index (χ2n) is 7.61. The second kappa shape index (κ2) is 4.11. The molecule has 0 aromatic carbocycles. The molecule has 2 unspecified atom stereocenters. The van der Waals surface area contributed by atoms with Gasteiger partial charge in [0.1, 0.15) is 0 Å². The molecule has 0 heteroatoms. The Morgan fingerprint density at radius 3 is 2.44 bits per heavy atom. The van der Waals surface area contributed by atoms with Crippen molar-refractivity contribution in [1.29, 1.82) is 0 Å². The zero-order chi connectivity index (χ0) is 13.7. The lowest BCUT2D eigenvalue weighted by Gasteiger charge is -2.54. The summed E-state index contributed by atoms with van der Waals surface area (Å²) in [6.07, 6.45) is 6.98. The molecule has 0 radical (unpaired) electrons. The number of fused-ring (bicyclic) bond motifs is 1. The lowest BCUT2D eigenvalue weighted by atomic mass is 9.51. The third kappa shape index (κ3) is 1.90. The minimum Gasteiger partial charge on any atom is -0.0985 e. The summed E-state index contributed by atoms with van der Waals surface area (Å²) in [5.74, 6) is 1.49. The van der Waals surface area contributed by atoms with Crippen molar-refractivity contribution < 1.29 is 0 Å². The SMILES string of the molecule is C=CC1=C(C)CC2C(=C1)C(C)(C)CC(C)C2(C)C. The van der Waals surface area contributed by atoms with E-state index in [1.807, 2.05) is 6.08 Å². The van der Waals surface area contributed by atoms with E-state index in [1.54, 1.807) is 5.57 Å². The summed E-state index contributed by atoms with van der Waals surface area (Å²) in [7, 11) is 0. The van der Waals surface area contributed by atoms with Crippen molar-refractivity contribution >= 4 is 0 Å². The lowest BCUT2D eigenvalue weighted by molar-refractivity contribution is 0.0544. The quantitative estimate of drug-likeness (QED) is 0.569. The molecule has 18 heavy (non-hydrogen) atoms. The van der Waals surface area contributed by atoms with Crippen LogP contribution in [0.5, 0.6) is 0 Å². The van der Waals surface area contributed by atoms with E-state index >= 15 is 0 Å². The molecule has 0 nitrogen and oxygen atoms in total. The molecular formula is C18H28. The van der Waals surface area contributed by atoms with Gasteiger partial charge >= 0.3 is 0 Å². The molecule has 0 aromatic rings. The molecule has 2 rings (SSSR count). The van der Waals surface area contributed by atoms with E-state index in [4.69, 9.17) is 0 Å². The smallest absolute Gasteiger partial charge is 0.0103 e. The number of hydrogen-bond acceptors (Lipinski definition) is 0. The van der Waals surface area contributed by atoms with Gasteiger partial charge in [-0.3, -0.25) is 0 Å². The maximum Gasteiger partial charge on any atom is -0.0103 e. The molecule has 0 heterocycles. The van der Waals surface area contributed by atoms with Crippen molar-refractivity contribution in [1.82, 2.24) is 0 Å². The number of rotatable bonds is 1. The molecule has 1 saturated carbocycles. The molecule has 2 aliphatic carbocycles. The summed E-state index contributed by atoms with van der Waals surface area (Å²) in [6.45, 7) is 18.4. The average Bonchev–Trinajstić information content (AvgIpc) is 2.26. The fraction of sp³-hybridized carbons (Fsp3) is 0.667. The summed E-state index contributed by atoms with van der Waals surface area (Å²) >= 11 is 0. The minimum atomic E-state index is 0.342. The van der Waals surface area contributed by atoms with Gasteiger partial charge in [-0.25, -0.2) is 0 Å². The van der Waals surface area contributed by atoms with Gasteiger partial charge in [0.2, 0.25) is 0 Å². The predicted molar refractivity (Wildman–Crippen MR) is 80.4 cm³/mol. The van der Waals surface area contributed by atoms with Crippen LogP contribution in [0.1, 0.15) is 54.4 Å². The van der Waals surface area contributed by atoms with Crippen LogP contribution in [0.25, 0.3) is 0 Å². The number of allylic oxidation sites excluding steroid dienone is 5. The molecule has 2 aliphatic rings. The van der Waals surface area contributed by atoms with Crippen LogP contribution in [0, 0.1) is 22.7 Å². The highest BCUT2D eigenvalue weighted by atomic mass is 14.5. The van der Waals surface area contributed by atoms with Gasteiger partial charge in [0.05, 0.1) is 0 Å². The van der Waals surface area contributed by atoms with Crippen molar-refractivity contribution in [2.45, 2.75) is 54.4 Å². The summed E-state index contributed by atoms with van der Waals surface area (Å²) in [4.78, 5) is 0. The summed E-state index contributed by atoms with van der Waals surface area (Å²) < 4.78 is 0. The van der Waals surface area contributed by atoms with Crippen LogP contribution in [-0.4, -0.2) is 0 Å². The largest absolute Gasteiger partial charge is 0.0985 e. The van der Waals surface area contributed by atoms with Crippen molar-refractivity contribution in [2.75, 3.05) is 0 Å². The van der Waals surface area contributed by atoms with E-state index < -0.39 is 0 Å². The third-order valence-electron chi connectivity index (χ3n) is 5.68. The zero-order valence-corrected chi connectivity index (χ0v) is 12.9. The van der Waals surface area contributed by atoms with Crippen LogP contribution >= 0.6 is 0 Å². The first kappa shape index (κ1) is 13.6. The predicted octanol–water partition coefficient (Wildman–Crippen LogP) is 5.53. The fourth-order valence-electron chi connectivity index (χ4n) is 3.98. The van der Waals surface area contributed by atoms with Crippen LogP contribution in [0.2, 0.25) is 0 Å².